The van der Waals surface area contributed by atoms with E-state index in [0.29, 0.717) is 10.6 Å². The second-order valence-electron chi connectivity index (χ2n) is 5.91. The van der Waals surface area contributed by atoms with Gasteiger partial charge in [-0.25, -0.2) is 9.18 Å². The smallest absolute Gasteiger partial charge is 0.328 e. The molecule has 1 fully saturated rings. The predicted octanol–water partition coefficient (Wildman–Crippen LogP) is 3.31. The molecule has 7 heteroatoms. The van der Waals surface area contributed by atoms with Crippen LogP contribution in [0.4, 0.5) is 4.39 Å². The van der Waals surface area contributed by atoms with E-state index in [1.54, 1.807) is 36.4 Å². The normalized spacial score (nSPS) is 19.3. The third-order valence-electron chi connectivity index (χ3n) is 4.22. The molecule has 0 spiro atoms. The van der Waals surface area contributed by atoms with Gasteiger partial charge in [-0.2, -0.15) is 0 Å². The van der Waals surface area contributed by atoms with Crippen LogP contribution in [0, 0.1) is 5.82 Å². The minimum absolute atomic E-state index is 0.0851. The van der Waals surface area contributed by atoms with Crippen molar-refractivity contribution in [3.8, 4) is 5.75 Å². The summed E-state index contributed by atoms with van der Waals surface area (Å²) in [5.41, 5.74) is 0.398. The van der Waals surface area contributed by atoms with Gasteiger partial charge in [0.1, 0.15) is 12.1 Å². The molecule has 0 bridgehead atoms. The van der Waals surface area contributed by atoms with Crippen molar-refractivity contribution in [2.24, 2.45) is 0 Å². The summed E-state index contributed by atoms with van der Waals surface area (Å²) in [5.74, 6) is -1.28. The van der Waals surface area contributed by atoms with E-state index >= 15 is 0 Å². The quantitative estimate of drug-likeness (QED) is 0.767. The highest BCUT2D eigenvalue weighted by Crippen LogP contribution is 2.27. The molecule has 2 atom stereocenters. The number of carbonyl (C=O) groups excluding carboxylic acids is 2. The molecular formula is C19H17ClFNO4. The molecule has 1 saturated heterocycles. The number of likely N-dealkylation sites (tertiary alicyclic amines) is 1. The van der Waals surface area contributed by atoms with Crippen LogP contribution in [-0.4, -0.2) is 42.6 Å². The molecule has 0 saturated carbocycles. The minimum Gasteiger partial charge on any atom is -0.485 e. The Hall–Kier alpha value is -2.60. The fourth-order valence-corrected chi connectivity index (χ4v) is 3.07. The molecule has 0 aromatic heterocycles. The van der Waals surface area contributed by atoms with Crippen LogP contribution < -0.4 is 4.74 Å². The lowest BCUT2D eigenvalue weighted by molar-refractivity contribution is -0.145. The Morgan fingerprint density at radius 2 is 1.85 bits per heavy atom. The number of amides is 1. The number of hydrogen-bond donors (Lipinski definition) is 0. The predicted molar refractivity (Wildman–Crippen MR) is 93.7 cm³/mol. The number of rotatable bonds is 4. The van der Waals surface area contributed by atoms with E-state index < -0.39 is 23.9 Å². The number of benzene rings is 2. The van der Waals surface area contributed by atoms with Gasteiger partial charge in [-0.3, -0.25) is 4.79 Å². The lowest BCUT2D eigenvalue weighted by Gasteiger charge is -2.22. The van der Waals surface area contributed by atoms with Crippen molar-refractivity contribution in [1.29, 1.82) is 0 Å². The maximum atomic E-state index is 13.8. The van der Waals surface area contributed by atoms with Gasteiger partial charge in [0.15, 0.2) is 11.6 Å². The standard InChI is InChI=1S/C19H17ClFNO4/c1-25-19(24)16-10-14(26-17-5-3-2-4-15(17)21)11-22(16)18(23)12-6-8-13(20)9-7-12/h2-9,14,16H,10-11H2,1H3. The molecule has 1 heterocycles. The van der Waals surface area contributed by atoms with Gasteiger partial charge in [-0.1, -0.05) is 23.7 Å². The summed E-state index contributed by atoms with van der Waals surface area (Å²) in [5, 5.41) is 0.508. The van der Waals surface area contributed by atoms with Crippen LogP contribution in [0.3, 0.4) is 0 Å². The SMILES string of the molecule is COC(=O)C1CC(Oc2ccccc2F)CN1C(=O)c1ccc(Cl)cc1. The van der Waals surface area contributed by atoms with Crippen molar-refractivity contribution in [1.82, 2.24) is 4.90 Å². The van der Waals surface area contributed by atoms with Crippen molar-refractivity contribution in [2.75, 3.05) is 13.7 Å². The first kappa shape index (κ1) is 18.2. The lowest BCUT2D eigenvalue weighted by Crippen LogP contribution is -2.41. The molecule has 0 N–H and O–H groups in total. The first-order valence-corrected chi connectivity index (χ1v) is 8.43. The van der Waals surface area contributed by atoms with Gasteiger partial charge in [0.25, 0.3) is 5.91 Å². The summed E-state index contributed by atoms with van der Waals surface area (Å²) in [7, 11) is 1.26. The van der Waals surface area contributed by atoms with Crippen LogP contribution in [0.5, 0.6) is 5.75 Å². The first-order chi connectivity index (χ1) is 12.5. The molecule has 5 nitrogen and oxygen atoms in total. The Morgan fingerprint density at radius 1 is 1.15 bits per heavy atom. The minimum atomic E-state index is -0.792. The van der Waals surface area contributed by atoms with Crippen LogP contribution in [0.25, 0.3) is 0 Å². The molecule has 136 valence electrons. The van der Waals surface area contributed by atoms with Crippen LogP contribution in [0.2, 0.25) is 5.02 Å². The van der Waals surface area contributed by atoms with Gasteiger partial charge in [0.2, 0.25) is 0 Å². The number of ether oxygens (including phenoxy) is 2. The molecule has 2 aromatic carbocycles. The van der Waals surface area contributed by atoms with E-state index in [1.807, 2.05) is 0 Å². The molecule has 1 amide bonds. The molecule has 1 aliphatic heterocycles. The largest absolute Gasteiger partial charge is 0.485 e. The maximum absolute atomic E-state index is 13.8. The fourth-order valence-electron chi connectivity index (χ4n) is 2.94. The van der Waals surface area contributed by atoms with E-state index in [0.717, 1.165) is 0 Å². The number of esters is 1. The van der Waals surface area contributed by atoms with Crippen LogP contribution in [-0.2, 0) is 9.53 Å². The zero-order valence-corrected chi connectivity index (χ0v) is 14.8. The van der Waals surface area contributed by atoms with Gasteiger partial charge in [0, 0.05) is 17.0 Å². The topological polar surface area (TPSA) is 55.8 Å². The maximum Gasteiger partial charge on any atom is 0.328 e. The van der Waals surface area contributed by atoms with Crippen LogP contribution >= 0.6 is 11.6 Å². The van der Waals surface area contributed by atoms with Gasteiger partial charge in [0.05, 0.1) is 13.7 Å². The summed E-state index contributed by atoms with van der Waals surface area (Å²) in [6, 6.07) is 11.6. The second kappa shape index (κ2) is 7.74. The molecule has 2 aromatic rings. The Labute approximate surface area is 155 Å². The highest BCUT2D eigenvalue weighted by atomic mass is 35.5. The van der Waals surface area contributed by atoms with Gasteiger partial charge in [-0.05, 0) is 36.4 Å². The van der Waals surface area contributed by atoms with Crippen LogP contribution in [0.15, 0.2) is 48.5 Å². The highest BCUT2D eigenvalue weighted by molar-refractivity contribution is 6.30. The monoisotopic (exact) mass is 377 g/mol. The van der Waals surface area contributed by atoms with Crippen molar-refractivity contribution in [2.45, 2.75) is 18.6 Å². The molecule has 0 aliphatic carbocycles. The molecule has 3 rings (SSSR count). The zero-order valence-electron chi connectivity index (χ0n) is 14.0. The lowest BCUT2D eigenvalue weighted by atomic mass is 10.1. The Morgan fingerprint density at radius 3 is 2.50 bits per heavy atom. The number of para-hydroxylation sites is 1. The van der Waals surface area contributed by atoms with E-state index in [4.69, 9.17) is 21.1 Å². The third-order valence-corrected chi connectivity index (χ3v) is 4.47. The Bertz CT molecular complexity index is 811. The Balaban J connectivity index is 1.80. The molecule has 1 aliphatic rings. The zero-order chi connectivity index (χ0) is 18.7. The molecule has 0 radical (unpaired) electrons. The van der Waals surface area contributed by atoms with Crippen molar-refractivity contribution < 1.29 is 23.5 Å². The average Bonchev–Trinajstić information content (AvgIpc) is 3.07. The van der Waals surface area contributed by atoms with E-state index in [2.05, 4.69) is 0 Å². The third kappa shape index (κ3) is 3.80. The summed E-state index contributed by atoms with van der Waals surface area (Å²) < 4.78 is 24.3. The number of methoxy groups -OCH3 is 1. The summed E-state index contributed by atoms with van der Waals surface area (Å²) in [6.07, 6.45) is -0.299. The van der Waals surface area contributed by atoms with Crippen LogP contribution in [0.1, 0.15) is 16.8 Å². The van der Waals surface area contributed by atoms with Gasteiger partial charge >= 0.3 is 5.97 Å². The van der Waals surface area contributed by atoms with E-state index in [1.165, 1.54) is 24.1 Å². The van der Waals surface area contributed by atoms with Gasteiger partial charge < -0.3 is 14.4 Å². The van der Waals surface area contributed by atoms with Crippen molar-refractivity contribution >= 4 is 23.5 Å². The van der Waals surface area contributed by atoms with Crippen molar-refractivity contribution in [3.05, 3.63) is 64.9 Å². The van der Waals surface area contributed by atoms with E-state index in [-0.39, 0.29) is 24.6 Å². The first-order valence-electron chi connectivity index (χ1n) is 8.05. The number of halogens is 2. The van der Waals surface area contributed by atoms with Crippen molar-refractivity contribution in [3.63, 3.8) is 0 Å². The van der Waals surface area contributed by atoms with Gasteiger partial charge in [-0.15, -0.1) is 0 Å². The summed E-state index contributed by atoms with van der Waals surface area (Å²) in [4.78, 5) is 26.3. The average molecular weight is 378 g/mol. The fraction of sp³-hybridized carbons (Fsp3) is 0.263. The molecule has 26 heavy (non-hydrogen) atoms. The highest BCUT2D eigenvalue weighted by Gasteiger charge is 2.42. The Kier molecular flexibility index (Phi) is 5.42. The summed E-state index contributed by atoms with van der Waals surface area (Å²) in [6.45, 7) is 0.148. The second-order valence-corrected chi connectivity index (χ2v) is 6.35. The molecule has 2 unspecified atom stereocenters. The molecular weight excluding hydrogens is 361 g/mol. The number of nitrogens with zero attached hydrogens (tertiary/aromatic N) is 1. The number of hydrogen-bond acceptors (Lipinski definition) is 4. The summed E-state index contributed by atoms with van der Waals surface area (Å²) >= 11 is 5.85. The van der Waals surface area contributed by atoms with E-state index in [9.17, 15) is 14.0 Å². The number of carbonyl (C=O) groups is 2.